The molecule has 1 aliphatic rings. The number of nitrogens with one attached hydrogen (secondary N) is 1. The van der Waals surface area contributed by atoms with Crippen LogP contribution in [0.15, 0.2) is 60.7 Å². The van der Waals surface area contributed by atoms with Gasteiger partial charge in [-0.25, -0.2) is 4.79 Å². The quantitative estimate of drug-likeness (QED) is 0.429. The van der Waals surface area contributed by atoms with Gasteiger partial charge in [0.2, 0.25) is 0 Å². The molecule has 6 heteroatoms. The number of fused-ring (bicyclic) bond motifs is 1. The zero-order valence-electron chi connectivity index (χ0n) is 16.3. The lowest BCUT2D eigenvalue weighted by molar-refractivity contribution is 0.0528. The molecule has 0 spiro atoms. The maximum atomic E-state index is 12.6. The summed E-state index contributed by atoms with van der Waals surface area (Å²) < 4.78 is 5.27. The summed E-state index contributed by atoms with van der Waals surface area (Å²) in [6.07, 6.45) is 0.947. The molecule has 1 aliphatic heterocycles. The maximum Gasteiger partial charge on any atom is 0.341 e. The van der Waals surface area contributed by atoms with E-state index in [1.54, 1.807) is 0 Å². The summed E-state index contributed by atoms with van der Waals surface area (Å²) in [5, 5.41) is 4.63. The van der Waals surface area contributed by atoms with Crippen LogP contribution in [0.3, 0.4) is 0 Å². The number of rotatable bonds is 4. The first-order valence-corrected chi connectivity index (χ1v) is 10.9. The minimum absolute atomic E-state index is 0.256. The highest BCUT2D eigenvalue weighted by atomic mass is 32.1. The van der Waals surface area contributed by atoms with E-state index in [2.05, 4.69) is 35.3 Å². The van der Waals surface area contributed by atoms with Crippen molar-refractivity contribution >= 4 is 45.3 Å². The number of thiocarbonyl (C=S) groups is 1. The molecule has 0 aliphatic carbocycles. The predicted molar refractivity (Wildman–Crippen MR) is 124 cm³/mol. The van der Waals surface area contributed by atoms with Crippen LogP contribution in [-0.2, 0) is 11.2 Å². The molecule has 0 amide bonds. The number of carbonyl (C=O) groups is 1. The van der Waals surface area contributed by atoms with Gasteiger partial charge in [-0.3, -0.25) is 0 Å². The number of benzene rings is 2. The topological polar surface area (TPSA) is 41.6 Å². The van der Waals surface area contributed by atoms with Crippen LogP contribution in [0.5, 0.6) is 0 Å². The Balaban J connectivity index is 1.66. The Hall–Kier alpha value is -2.70. The van der Waals surface area contributed by atoms with Crippen LogP contribution in [0, 0.1) is 0 Å². The van der Waals surface area contributed by atoms with E-state index in [1.807, 2.05) is 49.4 Å². The number of esters is 1. The van der Waals surface area contributed by atoms with Gasteiger partial charge in [0.05, 0.1) is 12.2 Å². The van der Waals surface area contributed by atoms with Crippen molar-refractivity contribution in [3.8, 4) is 10.4 Å². The lowest BCUT2D eigenvalue weighted by Gasteiger charge is -2.25. The average Bonchev–Trinajstić information content (AvgIpc) is 3.29. The highest BCUT2D eigenvalue weighted by molar-refractivity contribution is 7.80. The summed E-state index contributed by atoms with van der Waals surface area (Å²) in [6.45, 7) is 4.29. The Morgan fingerprint density at radius 2 is 1.93 bits per heavy atom. The second-order valence-corrected chi connectivity index (χ2v) is 8.36. The van der Waals surface area contributed by atoms with Crippen molar-refractivity contribution in [1.29, 1.82) is 0 Å². The van der Waals surface area contributed by atoms with Crippen molar-refractivity contribution in [2.24, 2.45) is 0 Å². The normalized spacial score (nSPS) is 15.1. The SMILES string of the molecule is CCOC(=O)c1cc(-c2ccccc2)sc1NC(=S)N1c2ccccc2CC1C. The highest BCUT2D eigenvalue weighted by Gasteiger charge is 2.29. The van der Waals surface area contributed by atoms with Crippen LogP contribution in [-0.4, -0.2) is 23.7 Å². The molecule has 1 aromatic heterocycles. The van der Waals surface area contributed by atoms with Gasteiger partial charge in [0.1, 0.15) is 5.00 Å². The van der Waals surface area contributed by atoms with Crippen molar-refractivity contribution in [3.63, 3.8) is 0 Å². The van der Waals surface area contributed by atoms with Crippen molar-refractivity contribution in [1.82, 2.24) is 0 Å². The molecule has 148 valence electrons. The largest absolute Gasteiger partial charge is 0.462 e. The molecule has 1 unspecified atom stereocenters. The van der Waals surface area contributed by atoms with Crippen molar-refractivity contribution < 1.29 is 9.53 Å². The zero-order chi connectivity index (χ0) is 20.4. The van der Waals surface area contributed by atoms with E-state index in [0.717, 1.165) is 22.5 Å². The molecular weight excluding hydrogens is 400 g/mol. The van der Waals surface area contributed by atoms with E-state index in [9.17, 15) is 4.79 Å². The van der Waals surface area contributed by atoms with Crippen LogP contribution in [0.25, 0.3) is 10.4 Å². The van der Waals surface area contributed by atoms with Gasteiger partial charge >= 0.3 is 5.97 Å². The van der Waals surface area contributed by atoms with Gasteiger partial charge in [0.25, 0.3) is 0 Å². The van der Waals surface area contributed by atoms with E-state index in [1.165, 1.54) is 16.9 Å². The number of hydrogen-bond donors (Lipinski definition) is 1. The summed E-state index contributed by atoms with van der Waals surface area (Å²) in [6, 6.07) is 20.4. The van der Waals surface area contributed by atoms with Gasteiger partial charge in [0, 0.05) is 16.6 Å². The number of carbonyl (C=O) groups excluding carboxylic acids is 1. The number of thiophene rings is 1. The fourth-order valence-corrected chi connectivity index (χ4v) is 5.12. The number of hydrogen-bond acceptors (Lipinski definition) is 4. The number of nitrogens with zero attached hydrogens (tertiary/aromatic N) is 1. The fourth-order valence-electron chi connectivity index (χ4n) is 3.62. The molecule has 4 rings (SSSR count). The van der Waals surface area contributed by atoms with Gasteiger partial charge in [-0.1, -0.05) is 48.5 Å². The van der Waals surface area contributed by atoms with Gasteiger partial charge in [0.15, 0.2) is 5.11 Å². The maximum absolute atomic E-state index is 12.6. The first-order valence-electron chi connectivity index (χ1n) is 9.63. The molecular formula is C23H22N2O2S2. The van der Waals surface area contributed by atoms with E-state index in [0.29, 0.717) is 22.3 Å². The molecule has 0 saturated carbocycles. The summed E-state index contributed by atoms with van der Waals surface area (Å²) in [5.41, 5.74) is 3.97. The third-order valence-corrected chi connectivity index (χ3v) is 6.33. The second-order valence-electron chi connectivity index (χ2n) is 6.92. The standard InChI is InChI=1S/C23H22N2O2S2/c1-3-27-22(26)18-14-20(16-9-5-4-6-10-16)29-21(18)24-23(28)25-15(2)13-17-11-7-8-12-19(17)25/h4-12,14-15H,3,13H2,1-2H3,(H,24,28). The van der Waals surface area contributed by atoms with Crippen LogP contribution in [0.2, 0.25) is 0 Å². The van der Waals surface area contributed by atoms with E-state index in [4.69, 9.17) is 17.0 Å². The monoisotopic (exact) mass is 422 g/mol. The minimum Gasteiger partial charge on any atom is -0.462 e. The van der Waals surface area contributed by atoms with E-state index >= 15 is 0 Å². The molecule has 0 radical (unpaired) electrons. The molecule has 0 saturated heterocycles. The predicted octanol–water partition coefficient (Wildman–Crippen LogP) is 5.74. The summed E-state index contributed by atoms with van der Waals surface area (Å²) >= 11 is 7.27. The molecule has 1 N–H and O–H groups in total. The van der Waals surface area contributed by atoms with Crippen molar-refractivity contribution in [3.05, 3.63) is 71.8 Å². The Labute approximate surface area is 180 Å². The molecule has 4 nitrogen and oxygen atoms in total. The van der Waals surface area contributed by atoms with Crippen molar-refractivity contribution in [2.45, 2.75) is 26.3 Å². The van der Waals surface area contributed by atoms with E-state index in [-0.39, 0.29) is 12.0 Å². The molecule has 1 atom stereocenters. The third-order valence-electron chi connectivity index (χ3n) is 4.93. The lowest BCUT2D eigenvalue weighted by Crippen LogP contribution is -2.38. The molecule has 2 aromatic carbocycles. The fraction of sp³-hybridized carbons (Fsp3) is 0.217. The van der Waals surface area contributed by atoms with Crippen LogP contribution in [0.4, 0.5) is 10.7 Å². The summed E-state index contributed by atoms with van der Waals surface area (Å²) in [4.78, 5) is 15.7. The number of anilines is 2. The molecule has 0 bridgehead atoms. The van der Waals surface area contributed by atoms with Crippen molar-refractivity contribution in [2.75, 3.05) is 16.8 Å². The Morgan fingerprint density at radius 1 is 1.21 bits per heavy atom. The smallest absolute Gasteiger partial charge is 0.341 e. The minimum atomic E-state index is -0.342. The number of ether oxygens (including phenoxy) is 1. The molecule has 0 fully saturated rings. The summed E-state index contributed by atoms with van der Waals surface area (Å²) in [7, 11) is 0. The average molecular weight is 423 g/mol. The van der Waals surface area contributed by atoms with Crippen LogP contribution >= 0.6 is 23.6 Å². The molecule has 29 heavy (non-hydrogen) atoms. The Morgan fingerprint density at radius 3 is 2.69 bits per heavy atom. The zero-order valence-corrected chi connectivity index (χ0v) is 18.0. The third kappa shape index (κ3) is 3.91. The van der Waals surface area contributed by atoms with Gasteiger partial charge < -0.3 is 15.0 Å². The molecule has 2 heterocycles. The second kappa shape index (κ2) is 8.35. The van der Waals surface area contributed by atoms with Crippen LogP contribution < -0.4 is 10.2 Å². The molecule has 3 aromatic rings. The Kier molecular flexibility index (Phi) is 5.65. The number of para-hydroxylation sites is 1. The highest BCUT2D eigenvalue weighted by Crippen LogP contribution is 2.38. The Bertz CT molecular complexity index is 1050. The lowest BCUT2D eigenvalue weighted by atomic mass is 10.1. The van der Waals surface area contributed by atoms with E-state index < -0.39 is 0 Å². The van der Waals surface area contributed by atoms with Gasteiger partial charge in [-0.15, -0.1) is 11.3 Å². The van der Waals surface area contributed by atoms with Gasteiger partial charge in [-0.2, -0.15) is 0 Å². The first kappa shape index (κ1) is 19.6. The van der Waals surface area contributed by atoms with Gasteiger partial charge in [-0.05, 0) is 55.7 Å². The first-order chi connectivity index (χ1) is 14.1. The van der Waals surface area contributed by atoms with Crippen LogP contribution in [0.1, 0.15) is 29.8 Å². The summed E-state index contributed by atoms with van der Waals surface area (Å²) in [5.74, 6) is -0.342.